The molecule has 4 aromatic rings. The molecular weight excluding hydrogens is 526 g/mol. The molecule has 1 heterocycles. The summed E-state index contributed by atoms with van der Waals surface area (Å²) in [5.41, 5.74) is 3.23. The lowest BCUT2D eigenvalue weighted by Gasteiger charge is -2.17. The molecule has 0 aliphatic carbocycles. The molecule has 0 spiro atoms. The highest BCUT2D eigenvalue weighted by Gasteiger charge is 2.28. The zero-order chi connectivity index (χ0) is 26.4. The molecular formula is C25H22ClNO7S2. The van der Waals surface area contributed by atoms with Crippen LogP contribution in [-0.2, 0) is 25.7 Å². The van der Waals surface area contributed by atoms with Crippen LogP contribution in [0.25, 0.3) is 32.9 Å². The quantitative estimate of drug-likeness (QED) is 0.159. The van der Waals surface area contributed by atoms with Crippen molar-refractivity contribution in [2.75, 3.05) is 5.75 Å². The Kier molecular flexibility index (Phi) is 6.82. The molecule has 0 unspecified atom stereocenters. The Labute approximate surface area is 212 Å². The van der Waals surface area contributed by atoms with E-state index >= 15 is 0 Å². The number of hydrogen-bond acceptors (Lipinski definition) is 6. The minimum atomic E-state index is -4.43. The van der Waals surface area contributed by atoms with E-state index in [0.717, 1.165) is 5.56 Å². The number of carboxylic acids is 1. The first-order valence-electron chi connectivity index (χ1n) is 10.9. The molecule has 188 valence electrons. The van der Waals surface area contributed by atoms with E-state index in [2.05, 4.69) is 0 Å². The number of benzene rings is 3. The van der Waals surface area contributed by atoms with Crippen LogP contribution in [0.3, 0.4) is 0 Å². The first-order valence-corrected chi connectivity index (χ1v) is 14.8. The van der Waals surface area contributed by atoms with Crippen LogP contribution in [0.4, 0.5) is 0 Å². The van der Waals surface area contributed by atoms with Crippen LogP contribution in [0.15, 0.2) is 59.5 Å². The first-order chi connectivity index (χ1) is 16.8. The Bertz CT molecular complexity index is 1770. The minimum Gasteiger partial charge on any atom is -0.748 e. The maximum absolute atomic E-state index is 12.6. The van der Waals surface area contributed by atoms with E-state index < -0.39 is 30.9 Å². The molecule has 0 saturated carbocycles. The topological polar surface area (TPSA) is 133 Å². The fourth-order valence-corrected chi connectivity index (χ4v) is 6.47. The SMILES string of the molecule is Cc1ccc(S(=O)(=O)Cl)c(C)c1-c1cccc2c1c(C(=O)O)c1ccccc1[n+]2CCCS(=O)(=O)[O-]. The van der Waals surface area contributed by atoms with Gasteiger partial charge in [0.15, 0.2) is 6.54 Å². The van der Waals surface area contributed by atoms with Crippen molar-refractivity contribution in [3.8, 4) is 11.1 Å². The van der Waals surface area contributed by atoms with Crippen LogP contribution in [0.2, 0.25) is 0 Å². The van der Waals surface area contributed by atoms with Crippen molar-refractivity contribution in [2.45, 2.75) is 31.7 Å². The molecule has 8 nitrogen and oxygen atoms in total. The normalized spacial score (nSPS) is 12.3. The Balaban J connectivity index is 2.16. The molecule has 1 aromatic heterocycles. The molecule has 3 aromatic carbocycles. The van der Waals surface area contributed by atoms with Gasteiger partial charge in [-0.2, -0.15) is 4.57 Å². The predicted octanol–water partition coefficient (Wildman–Crippen LogP) is 4.13. The standard InChI is InChI=1S/C25H22ClNO7S2/c1-15-11-12-21(36(26,33)34)16(2)22(15)18-8-5-10-20-23(18)24(25(28)29)17-7-3-4-9-19(17)27(20)13-6-14-35(30,31)32/h3-5,7-12H,6,13-14H2,1-2H3,(H-,28,29,30,31,32). The molecule has 0 bridgehead atoms. The van der Waals surface area contributed by atoms with Crippen LogP contribution in [0.1, 0.15) is 27.9 Å². The number of fused-ring (bicyclic) bond motifs is 2. The smallest absolute Gasteiger partial charge is 0.337 e. The van der Waals surface area contributed by atoms with Crippen molar-refractivity contribution in [1.82, 2.24) is 0 Å². The molecule has 0 fully saturated rings. The van der Waals surface area contributed by atoms with Gasteiger partial charge in [0, 0.05) is 35.0 Å². The summed E-state index contributed by atoms with van der Waals surface area (Å²) in [6.45, 7) is 3.56. The van der Waals surface area contributed by atoms with Crippen molar-refractivity contribution in [2.24, 2.45) is 0 Å². The lowest BCUT2D eigenvalue weighted by atomic mass is 9.89. The van der Waals surface area contributed by atoms with Crippen molar-refractivity contribution in [3.63, 3.8) is 0 Å². The van der Waals surface area contributed by atoms with E-state index in [9.17, 15) is 31.3 Å². The third-order valence-electron chi connectivity index (χ3n) is 6.19. The summed E-state index contributed by atoms with van der Waals surface area (Å²) in [4.78, 5) is 12.5. The number of rotatable bonds is 7. The number of carbonyl (C=O) groups is 1. The van der Waals surface area contributed by atoms with Gasteiger partial charge in [0.25, 0.3) is 9.05 Å². The zero-order valence-corrected chi connectivity index (χ0v) is 21.7. The monoisotopic (exact) mass is 547 g/mol. The highest BCUT2D eigenvalue weighted by atomic mass is 35.7. The Morgan fingerprint density at radius 3 is 2.28 bits per heavy atom. The minimum absolute atomic E-state index is 0.0295. The summed E-state index contributed by atoms with van der Waals surface area (Å²) in [7, 11) is -2.82. The Morgan fingerprint density at radius 2 is 1.64 bits per heavy atom. The van der Waals surface area contributed by atoms with E-state index in [1.807, 2.05) is 0 Å². The van der Waals surface area contributed by atoms with Gasteiger partial charge in [0.05, 0.1) is 31.3 Å². The van der Waals surface area contributed by atoms with Crippen LogP contribution < -0.4 is 4.57 Å². The second-order valence-electron chi connectivity index (χ2n) is 8.48. The molecule has 0 radical (unpaired) electrons. The van der Waals surface area contributed by atoms with E-state index in [0.29, 0.717) is 38.5 Å². The highest BCUT2D eigenvalue weighted by molar-refractivity contribution is 8.13. The molecule has 0 aliphatic rings. The largest absolute Gasteiger partial charge is 0.748 e. The molecule has 0 aliphatic heterocycles. The van der Waals surface area contributed by atoms with E-state index in [-0.39, 0.29) is 23.4 Å². The number of nitrogens with zero attached hydrogens (tertiary/aromatic N) is 1. The van der Waals surface area contributed by atoms with E-state index in [1.165, 1.54) is 6.07 Å². The van der Waals surface area contributed by atoms with Gasteiger partial charge in [-0.25, -0.2) is 21.6 Å². The molecule has 0 atom stereocenters. The molecule has 11 heteroatoms. The summed E-state index contributed by atoms with van der Waals surface area (Å²) < 4.78 is 59.9. The van der Waals surface area contributed by atoms with Crippen LogP contribution >= 0.6 is 10.7 Å². The third-order valence-corrected chi connectivity index (χ3v) is 8.45. The average Bonchev–Trinajstić information content (AvgIpc) is 2.77. The second-order valence-corrected chi connectivity index (χ2v) is 12.5. The van der Waals surface area contributed by atoms with Crippen LogP contribution in [0, 0.1) is 13.8 Å². The predicted molar refractivity (Wildman–Crippen MR) is 136 cm³/mol. The van der Waals surface area contributed by atoms with Gasteiger partial charge in [-0.3, -0.25) is 0 Å². The number of aromatic carboxylic acids is 1. The average molecular weight is 548 g/mol. The van der Waals surface area contributed by atoms with Gasteiger partial charge in [-0.15, -0.1) is 0 Å². The molecule has 0 saturated heterocycles. The highest BCUT2D eigenvalue weighted by Crippen LogP contribution is 2.39. The lowest BCUT2D eigenvalue weighted by Crippen LogP contribution is -2.37. The third kappa shape index (κ3) is 4.81. The fourth-order valence-electron chi connectivity index (χ4n) is 4.79. The van der Waals surface area contributed by atoms with Crippen LogP contribution in [-0.4, -0.2) is 38.2 Å². The molecule has 36 heavy (non-hydrogen) atoms. The maximum Gasteiger partial charge on any atom is 0.337 e. The van der Waals surface area contributed by atoms with Crippen LogP contribution in [0.5, 0.6) is 0 Å². The molecule has 0 amide bonds. The summed E-state index contributed by atoms with van der Waals surface area (Å²) in [5, 5.41) is 11.1. The zero-order valence-electron chi connectivity index (χ0n) is 19.4. The number of carboxylic acid groups (broad SMARTS) is 1. The van der Waals surface area contributed by atoms with Crippen molar-refractivity contribution in [3.05, 3.63) is 71.3 Å². The van der Waals surface area contributed by atoms with E-state index in [4.69, 9.17) is 10.7 Å². The first kappa shape index (κ1) is 26.0. The Hall–Kier alpha value is -3.05. The van der Waals surface area contributed by atoms with Gasteiger partial charge in [0.2, 0.25) is 11.0 Å². The van der Waals surface area contributed by atoms with Gasteiger partial charge >= 0.3 is 5.97 Å². The van der Waals surface area contributed by atoms with Gasteiger partial charge in [-0.1, -0.05) is 30.3 Å². The van der Waals surface area contributed by atoms with Crippen molar-refractivity contribution in [1.29, 1.82) is 0 Å². The molecule has 1 N–H and O–H groups in total. The number of para-hydroxylation sites is 1. The van der Waals surface area contributed by atoms with Gasteiger partial charge < -0.3 is 9.66 Å². The van der Waals surface area contributed by atoms with Gasteiger partial charge in [-0.05, 0) is 48.2 Å². The number of aromatic nitrogens is 1. The lowest BCUT2D eigenvalue weighted by molar-refractivity contribution is -0.645. The summed E-state index contributed by atoms with van der Waals surface area (Å²) in [6.07, 6.45) is 0.0320. The van der Waals surface area contributed by atoms with E-state index in [1.54, 1.807) is 66.9 Å². The summed E-state index contributed by atoms with van der Waals surface area (Å²) >= 11 is 0. The summed E-state index contributed by atoms with van der Waals surface area (Å²) in [6, 6.07) is 15.0. The van der Waals surface area contributed by atoms with Crippen molar-refractivity contribution >= 4 is 57.6 Å². The number of halogens is 1. The Morgan fingerprint density at radius 1 is 0.972 bits per heavy atom. The van der Waals surface area contributed by atoms with Crippen molar-refractivity contribution < 1.29 is 35.9 Å². The number of pyridine rings is 1. The second kappa shape index (κ2) is 9.44. The number of aryl methyl sites for hydroxylation is 2. The summed E-state index contributed by atoms with van der Waals surface area (Å²) in [5.74, 6) is -1.74. The maximum atomic E-state index is 12.6. The van der Waals surface area contributed by atoms with Gasteiger partial charge in [0.1, 0.15) is 0 Å². The molecule has 4 rings (SSSR count). The number of hydrogen-bond donors (Lipinski definition) is 1. The fraction of sp³-hybridized carbons (Fsp3) is 0.200.